The fourth-order valence-corrected chi connectivity index (χ4v) is 2.46. The van der Waals surface area contributed by atoms with Gasteiger partial charge >= 0.3 is 5.97 Å². The quantitative estimate of drug-likeness (QED) is 0.325. The van der Waals surface area contributed by atoms with E-state index in [0.29, 0.717) is 6.08 Å². The number of furan rings is 1. The van der Waals surface area contributed by atoms with Crippen molar-refractivity contribution in [2.75, 3.05) is 13.2 Å². The number of carbonyl (C=O) groups excluding carboxylic acids is 4. The molecule has 2 aromatic rings. The van der Waals surface area contributed by atoms with Crippen LogP contribution in [-0.4, -0.2) is 59.0 Å². The molecule has 0 saturated heterocycles. The van der Waals surface area contributed by atoms with Crippen molar-refractivity contribution in [1.82, 2.24) is 0 Å². The number of esters is 1. The maximum absolute atomic E-state index is 12.5. The van der Waals surface area contributed by atoms with E-state index < -0.39 is 42.6 Å². The van der Waals surface area contributed by atoms with Crippen LogP contribution in [0.15, 0.2) is 40.8 Å². The minimum absolute atomic E-state index is 0.00674. The minimum Gasteiger partial charge on any atom is -0.504 e. The Morgan fingerprint density at radius 1 is 1.14 bits per heavy atom. The molecule has 3 rings (SSSR count). The van der Waals surface area contributed by atoms with Crippen LogP contribution in [0.5, 0.6) is 0 Å². The number of aliphatic hydroxyl groups is 3. The number of fused-ring (bicyclic) bond motifs is 2. The lowest BCUT2D eigenvalue weighted by atomic mass is 9.88. The van der Waals surface area contributed by atoms with Crippen LogP contribution in [0.1, 0.15) is 37.8 Å². The van der Waals surface area contributed by atoms with E-state index in [1.807, 2.05) is 6.79 Å². The predicted molar refractivity (Wildman–Crippen MR) is 93.8 cm³/mol. The second-order valence-corrected chi connectivity index (χ2v) is 5.55. The number of hydrogen-bond donors (Lipinski definition) is 3. The number of ketones is 2. The van der Waals surface area contributed by atoms with Gasteiger partial charge in [0.25, 0.3) is 0 Å². The highest BCUT2D eigenvalue weighted by Gasteiger charge is 2.34. The van der Waals surface area contributed by atoms with Crippen LogP contribution >= 0.6 is 0 Å². The van der Waals surface area contributed by atoms with Crippen molar-refractivity contribution in [2.45, 2.75) is 6.10 Å². The molecule has 1 aromatic heterocycles. The molecule has 1 aromatic carbocycles. The Hall–Kier alpha value is -3.56. The van der Waals surface area contributed by atoms with E-state index in [0.717, 1.165) is 0 Å². The van der Waals surface area contributed by atoms with Gasteiger partial charge in [-0.3, -0.25) is 9.59 Å². The number of carbonyl (C=O) groups is 4. The van der Waals surface area contributed by atoms with Gasteiger partial charge in [0.2, 0.25) is 5.78 Å². The Morgan fingerprint density at radius 3 is 2.36 bits per heavy atom. The zero-order chi connectivity index (χ0) is 20.8. The van der Waals surface area contributed by atoms with Crippen LogP contribution in [0.3, 0.4) is 0 Å². The molecule has 1 atom stereocenters. The number of aliphatic hydroxyl groups excluding tert-OH is 3. The molecule has 0 spiro atoms. The van der Waals surface area contributed by atoms with Crippen molar-refractivity contribution < 1.29 is 43.7 Å². The van der Waals surface area contributed by atoms with Crippen LogP contribution < -0.4 is 0 Å². The third-order valence-electron chi connectivity index (χ3n) is 3.73. The van der Waals surface area contributed by atoms with Gasteiger partial charge in [-0.25, -0.2) is 4.79 Å². The summed E-state index contributed by atoms with van der Waals surface area (Å²) < 4.78 is 9.89. The van der Waals surface area contributed by atoms with Gasteiger partial charge in [-0.15, -0.1) is 0 Å². The van der Waals surface area contributed by atoms with Gasteiger partial charge in [-0.05, 0) is 6.07 Å². The van der Waals surface area contributed by atoms with E-state index in [9.17, 15) is 19.5 Å². The maximum atomic E-state index is 12.5. The van der Waals surface area contributed by atoms with E-state index in [-0.39, 0.29) is 28.2 Å². The van der Waals surface area contributed by atoms with Crippen molar-refractivity contribution in [1.29, 1.82) is 0 Å². The van der Waals surface area contributed by atoms with Crippen molar-refractivity contribution >= 4 is 30.1 Å². The molecule has 146 valence electrons. The number of rotatable bonds is 5. The van der Waals surface area contributed by atoms with E-state index >= 15 is 0 Å². The summed E-state index contributed by atoms with van der Waals surface area (Å²) in [5.41, 5.74) is 0.428. The van der Waals surface area contributed by atoms with Gasteiger partial charge in [0, 0.05) is 11.1 Å². The van der Waals surface area contributed by atoms with Crippen molar-refractivity contribution in [3.8, 4) is 0 Å². The number of benzene rings is 1. The lowest BCUT2D eigenvalue weighted by molar-refractivity contribution is -0.141. The zero-order valence-electron chi connectivity index (χ0n) is 14.5. The first-order valence-electron chi connectivity index (χ1n) is 7.90. The van der Waals surface area contributed by atoms with Gasteiger partial charge in [0.05, 0.1) is 18.2 Å². The minimum atomic E-state index is -1.24. The van der Waals surface area contributed by atoms with E-state index in [1.165, 1.54) is 18.2 Å². The maximum Gasteiger partial charge on any atom is 0.334 e. The summed E-state index contributed by atoms with van der Waals surface area (Å²) in [6.45, 7) is 0.957. The van der Waals surface area contributed by atoms with Crippen molar-refractivity contribution in [2.24, 2.45) is 0 Å². The molecular formula is C19H16O9. The molecule has 0 amide bonds. The van der Waals surface area contributed by atoms with Crippen molar-refractivity contribution in [3.63, 3.8) is 0 Å². The molecule has 1 aliphatic carbocycles. The van der Waals surface area contributed by atoms with Gasteiger partial charge in [-0.2, -0.15) is 0 Å². The Balaban J connectivity index is 0.00000136. The SMILES string of the molecule is C=O.O=C(/C=C(\O)c1cc2c(o1)C(=O)c1ccccc1C2=O)OCC(O)CO. The van der Waals surface area contributed by atoms with E-state index in [1.54, 1.807) is 12.1 Å². The Bertz CT molecular complexity index is 886. The molecule has 0 bridgehead atoms. The lowest BCUT2D eigenvalue weighted by Crippen LogP contribution is -2.21. The molecule has 0 aliphatic heterocycles. The summed E-state index contributed by atoms with van der Waals surface area (Å²) in [5.74, 6) is -3.02. The van der Waals surface area contributed by atoms with Crippen LogP contribution in [-0.2, 0) is 14.3 Å². The fourth-order valence-electron chi connectivity index (χ4n) is 2.46. The van der Waals surface area contributed by atoms with Crippen LogP contribution in [0.25, 0.3) is 5.76 Å². The molecule has 1 aliphatic rings. The van der Waals surface area contributed by atoms with E-state index in [4.69, 9.17) is 19.4 Å². The van der Waals surface area contributed by atoms with Crippen LogP contribution in [0.2, 0.25) is 0 Å². The average Bonchev–Trinajstić information content (AvgIpc) is 3.18. The summed E-state index contributed by atoms with van der Waals surface area (Å²) in [5, 5.41) is 27.7. The third-order valence-corrected chi connectivity index (χ3v) is 3.73. The standard InChI is InChI=1S/C18H14O8.CH2O/c19-7-9(20)8-25-15(22)6-13(21)14-5-12-16(23)10-3-1-2-4-11(10)17(24)18(12)26-14;1-2/h1-6,9,19-21H,7-8H2;1H2/b13-6-;. The normalized spacial score (nSPS) is 13.7. The Morgan fingerprint density at radius 2 is 1.75 bits per heavy atom. The summed E-state index contributed by atoms with van der Waals surface area (Å²) in [6.07, 6.45) is -0.560. The molecule has 9 nitrogen and oxygen atoms in total. The Kier molecular flexibility index (Phi) is 6.59. The second-order valence-electron chi connectivity index (χ2n) is 5.55. The summed E-state index contributed by atoms with van der Waals surface area (Å²) in [6, 6.07) is 7.44. The smallest absolute Gasteiger partial charge is 0.334 e. The number of hydrogen-bond acceptors (Lipinski definition) is 9. The highest BCUT2D eigenvalue weighted by Crippen LogP contribution is 2.31. The van der Waals surface area contributed by atoms with Gasteiger partial charge < -0.3 is 29.3 Å². The molecule has 0 fully saturated rings. The molecule has 0 radical (unpaired) electrons. The van der Waals surface area contributed by atoms with Gasteiger partial charge in [0.15, 0.2) is 23.1 Å². The van der Waals surface area contributed by atoms with E-state index in [2.05, 4.69) is 4.74 Å². The molecule has 1 unspecified atom stereocenters. The average molecular weight is 388 g/mol. The monoisotopic (exact) mass is 388 g/mol. The zero-order valence-corrected chi connectivity index (χ0v) is 14.5. The van der Waals surface area contributed by atoms with Crippen LogP contribution in [0, 0.1) is 0 Å². The highest BCUT2D eigenvalue weighted by molar-refractivity contribution is 6.27. The second kappa shape index (κ2) is 8.89. The third kappa shape index (κ3) is 4.05. The summed E-state index contributed by atoms with van der Waals surface area (Å²) in [4.78, 5) is 44.5. The van der Waals surface area contributed by atoms with Gasteiger partial charge in [0.1, 0.15) is 19.5 Å². The van der Waals surface area contributed by atoms with Gasteiger partial charge in [-0.1, -0.05) is 24.3 Å². The molecular weight excluding hydrogens is 372 g/mol. The predicted octanol–water partition coefficient (Wildman–Crippen LogP) is 0.665. The first-order chi connectivity index (χ1) is 13.4. The largest absolute Gasteiger partial charge is 0.504 e. The molecule has 3 N–H and O–H groups in total. The molecule has 0 saturated carbocycles. The number of ether oxygens (including phenoxy) is 1. The lowest BCUT2D eigenvalue weighted by Gasteiger charge is -2.11. The van der Waals surface area contributed by atoms with Crippen molar-refractivity contribution in [3.05, 3.63) is 64.6 Å². The topological polar surface area (TPSA) is 151 Å². The first kappa shape index (κ1) is 20.7. The van der Waals surface area contributed by atoms with Crippen LogP contribution in [0.4, 0.5) is 0 Å². The Labute approximate surface area is 158 Å². The fraction of sp³-hybridized carbons (Fsp3) is 0.158. The highest BCUT2D eigenvalue weighted by atomic mass is 16.5. The first-order valence-corrected chi connectivity index (χ1v) is 7.90. The molecule has 28 heavy (non-hydrogen) atoms. The summed E-state index contributed by atoms with van der Waals surface area (Å²) in [7, 11) is 0. The summed E-state index contributed by atoms with van der Waals surface area (Å²) >= 11 is 0. The molecule has 9 heteroatoms. The molecule has 1 heterocycles.